The van der Waals surface area contributed by atoms with Crippen molar-refractivity contribution in [3.63, 3.8) is 0 Å². The summed E-state index contributed by atoms with van der Waals surface area (Å²) in [5.41, 5.74) is 11.0. The van der Waals surface area contributed by atoms with Crippen LogP contribution in [-0.4, -0.2) is 24.1 Å². The molecule has 11 aromatic rings. The van der Waals surface area contributed by atoms with Crippen molar-refractivity contribution in [2.24, 2.45) is 0 Å². The zero-order valence-corrected chi connectivity index (χ0v) is 29.1. The molecule has 0 atom stereocenters. The number of hydrogen-bond donors (Lipinski definition) is 1. The van der Waals surface area contributed by atoms with Gasteiger partial charge in [-0.2, -0.15) is 0 Å². The van der Waals surface area contributed by atoms with Crippen LogP contribution in [0.5, 0.6) is 0 Å². The fraction of sp³-hybridized carbons (Fsp3) is 0.0204. The molecule has 4 heterocycles. The molecule has 4 aromatic heterocycles. The Bertz CT molecular complexity index is 3290. The van der Waals surface area contributed by atoms with E-state index in [-0.39, 0.29) is 0 Å². The Morgan fingerprint density at radius 2 is 1.24 bits per heavy atom. The number of para-hydroxylation sites is 4. The third kappa shape index (κ3) is 4.79. The van der Waals surface area contributed by atoms with E-state index in [1.54, 1.807) is 0 Å². The van der Waals surface area contributed by atoms with Crippen LogP contribution in [-0.2, 0) is 6.37 Å². The lowest BCUT2D eigenvalue weighted by atomic mass is 10.0. The third-order valence-electron chi connectivity index (χ3n) is 10.5. The Labute approximate surface area is 314 Å². The first kappa shape index (κ1) is 28.4. The van der Waals surface area contributed by atoms with Crippen LogP contribution < -0.4 is 0 Å². The van der Waals surface area contributed by atoms with Gasteiger partial charge in [0.05, 0.1) is 27.6 Å². The molecule has 0 aliphatic rings. The number of aromatic nitrogens is 5. The van der Waals surface area contributed by atoms with Gasteiger partial charge in [-0.05, 0) is 77.7 Å². The Hall–Kier alpha value is -7.24. The molecule has 0 aliphatic carbocycles. The van der Waals surface area contributed by atoms with Crippen molar-refractivity contribution in [1.29, 1.82) is 0 Å². The normalized spacial score (nSPS) is 12.6. The van der Waals surface area contributed by atoms with Gasteiger partial charge in [-0.25, -0.2) is 9.97 Å². The molecule has 0 unspecified atom stereocenters. The highest BCUT2D eigenvalue weighted by molar-refractivity contribution is 6.13. The van der Waals surface area contributed by atoms with E-state index in [1.165, 1.54) is 5.39 Å². The van der Waals surface area contributed by atoms with Gasteiger partial charge in [0.2, 0.25) is 0 Å². The van der Waals surface area contributed by atoms with Gasteiger partial charge in [0.1, 0.15) is 11.6 Å². The highest BCUT2D eigenvalue weighted by Gasteiger charge is 2.22. The molecule has 0 spiro atoms. The fourth-order valence-electron chi connectivity index (χ4n) is 8.12. The van der Waals surface area contributed by atoms with Crippen LogP contribution in [0.4, 0.5) is 0 Å². The Balaban J connectivity index is 1.18. The Morgan fingerprint density at radius 1 is 0.519 bits per heavy atom. The van der Waals surface area contributed by atoms with E-state index in [4.69, 9.17) is 9.97 Å². The van der Waals surface area contributed by atoms with Gasteiger partial charge in [0.25, 0.3) is 0 Å². The first-order valence-electron chi connectivity index (χ1n) is 19.2. The predicted molar refractivity (Wildman–Crippen MR) is 223 cm³/mol. The van der Waals surface area contributed by atoms with Crippen LogP contribution in [0.25, 0.3) is 88.7 Å². The van der Waals surface area contributed by atoms with Crippen LogP contribution >= 0.6 is 0 Å². The minimum Gasteiger partial charge on any atom is -0.354 e. The number of fused-ring (bicyclic) bond motifs is 7. The quantitative estimate of drug-likeness (QED) is 0.188. The number of hydrogen-bond acceptors (Lipinski definition) is 2. The van der Waals surface area contributed by atoms with Crippen LogP contribution in [0.1, 0.15) is 13.9 Å². The lowest BCUT2D eigenvalue weighted by molar-refractivity contribution is 1.08. The molecular weight excluding hydrogens is 659 g/mol. The van der Waals surface area contributed by atoms with E-state index in [9.17, 15) is 2.74 Å². The van der Waals surface area contributed by atoms with E-state index >= 15 is 0 Å². The number of rotatable bonds is 6. The van der Waals surface area contributed by atoms with Crippen LogP contribution in [0.15, 0.2) is 182 Å². The summed E-state index contributed by atoms with van der Waals surface area (Å²) < 4.78 is 22.9. The molecule has 254 valence electrons. The second-order valence-corrected chi connectivity index (χ2v) is 13.7. The number of nitrogens with one attached hydrogen (secondary N) is 1. The van der Waals surface area contributed by atoms with Crippen molar-refractivity contribution in [3.05, 3.63) is 193 Å². The summed E-state index contributed by atoms with van der Waals surface area (Å²) in [5.74, 6) is 1.63. The molecule has 0 bridgehead atoms. The molecule has 7 aromatic carbocycles. The van der Waals surface area contributed by atoms with Crippen molar-refractivity contribution >= 4 is 54.6 Å². The molecular formula is C49H33N5. The third-order valence-corrected chi connectivity index (χ3v) is 10.5. The fourth-order valence-corrected chi connectivity index (χ4v) is 8.12. The van der Waals surface area contributed by atoms with Crippen molar-refractivity contribution in [2.75, 3.05) is 0 Å². The minimum atomic E-state index is -1.71. The molecule has 5 heteroatoms. The summed E-state index contributed by atoms with van der Waals surface area (Å²) in [4.78, 5) is 14.0. The highest BCUT2D eigenvalue weighted by Crippen LogP contribution is 2.40. The maximum atomic E-state index is 9.24. The first-order valence-corrected chi connectivity index (χ1v) is 18.2. The Kier molecular flexibility index (Phi) is 6.40. The van der Waals surface area contributed by atoms with Crippen LogP contribution in [0, 0.1) is 0 Å². The molecule has 1 N–H and O–H groups in total. The van der Waals surface area contributed by atoms with Crippen molar-refractivity contribution < 1.29 is 2.74 Å². The lowest BCUT2D eigenvalue weighted by Crippen LogP contribution is -1.99. The summed E-state index contributed by atoms with van der Waals surface area (Å²) in [6, 6.07) is 59.4. The van der Waals surface area contributed by atoms with E-state index < -0.39 is 6.37 Å². The number of H-pyrrole nitrogens is 1. The van der Waals surface area contributed by atoms with Crippen molar-refractivity contribution in [2.45, 2.75) is 6.37 Å². The Morgan fingerprint density at radius 3 is 2.15 bits per heavy atom. The molecule has 0 amide bonds. The monoisotopic (exact) mass is 693 g/mol. The van der Waals surface area contributed by atoms with Gasteiger partial charge in [0.15, 0.2) is 0 Å². The summed E-state index contributed by atoms with van der Waals surface area (Å²) in [7, 11) is 0. The summed E-state index contributed by atoms with van der Waals surface area (Å²) in [6.45, 7) is 0. The maximum Gasteiger partial charge on any atom is 0.147 e. The van der Waals surface area contributed by atoms with Gasteiger partial charge in [-0.15, -0.1) is 0 Å². The largest absolute Gasteiger partial charge is 0.354 e. The number of pyridine rings is 1. The average molecular weight is 694 g/mol. The first-order chi connectivity index (χ1) is 27.5. The van der Waals surface area contributed by atoms with E-state index in [0.717, 1.165) is 83.3 Å². The van der Waals surface area contributed by atoms with Crippen LogP contribution in [0.2, 0.25) is 0 Å². The van der Waals surface area contributed by atoms with Gasteiger partial charge in [-0.3, -0.25) is 9.13 Å². The maximum absolute atomic E-state index is 9.24. The molecule has 54 heavy (non-hydrogen) atoms. The number of nitrogens with zero attached hydrogens (tertiary/aromatic N) is 4. The number of aromatic amines is 1. The molecule has 0 fully saturated rings. The van der Waals surface area contributed by atoms with Crippen LogP contribution in [0.3, 0.4) is 0 Å². The predicted octanol–water partition coefficient (Wildman–Crippen LogP) is 12.1. The SMILES string of the molecule is [2H]C([2H])(c1ccccc1)c1cccc(-n2c(-c3cccc4c3[nH]c3ccccc34)nc3c(-c4ccc5c6ccccc6n(-c6ccccn6)c5c4)cccc32)c1. The topological polar surface area (TPSA) is 51.4 Å². The smallest absolute Gasteiger partial charge is 0.147 e. The van der Waals surface area contributed by atoms with Crippen molar-refractivity contribution in [3.8, 4) is 34.0 Å². The summed E-state index contributed by atoms with van der Waals surface area (Å²) in [5, 5.41) is 4.61. The molecule has 0 aliphatic heterocycles. The standard InChI is InChI=1S/C49H33N5/c1-2-13-32(14-3-1)29-33-15-10-16-35(30-33)53-44-24-12-19-36(48(44)52-49(53)41-21-11-20-40-37-17-4-6-22-42(37)51-47(40)41)34-26-27-39-38-18-5-7-23-43(38)54(45(39)31-34)46-25-8-9-28-50-46/h1-28,30-31,51H,29H2/i29D2. The molecule has 0 saturated carbocycles. The average Bonchev–Trinajstić information content (AvgIpc) is 3.94. The minimum absolute atomic E-state index is 0.571. The number of imidazole rings is 1. The second kappa shape index (κ2) is 12.2. The van der Waals surface area contributed by atoms with E-state index in [1.807, 2.05) is 79.0 Å². The highest BCUT2D eigenvalue weighted by atomic mass is 15.1. The van der Waals surface area contributed by atoms with E-state index in [2.05, 4.69) is 117 Å². The van der Waals surface area contributed by atoms with Crippen molar-refractivity contribution in [1.82, 2.24) is 24.1 Å². The molecule has 11 rings (SSSR count). The second-order valence-electron chi connectivity index (χ2n) is 13.7. The summed E-state index contributed by atoms with van der Waals surface area (Å²) in [6.07, 6.45) is 0.125. The number of benzene rings is 7. The van der Waals surface area contributed by atoms with Gasteiger partial charge >= 0.3 is 0 Å². The van der Waals surface area contributed by atoms with Gasteiger partial charge < -0.3 is 4.98 Å². The lowest BCUT2D eigenvalue weighted by Gasteiger charge is -2.13. The van der Waals surface area contributed by atoms with Gasteiger partial charge in [-0.1, -0.05) is 121 Å². The summed E-state index contributed by atoms with van der Waals surface area (Å²) >= 11 is 0. The molecule has 5 nitrogen and oxygen atoms in total. The van der Waals surface area contributed by atoms with Gasteiger partial charge in [0, 0.05) is 52.8 Å². The molecule has 0 radical (unpaired) electrons. The zero-order chi connectivity index (χ0) is 37.4. The zero-order valence-electron chi connectivity index (χ0n) is 31.1. The van der Waals surface area contributed by atoms with E-state index in [0.29, 0.717) is 11.1 Å². The molecule has 0 saturated heterocycles.